The topological polar surface area (TPSA) is 84.9 Å². The monoisotopic (exact) mass is 285 g/mol. The van der Waals surface area contributed by atoms with Gasteiger partial charge >= 0.3 is 5.97 Å². The van der Waals surface area contributed by atoms with E-state index in [0.29, 0.717) is 19.4 Å². The highest BCUT2D eigenvalue weighted by Crippen LogP contribution is 2.33. The quantitative estimate of drug-likeness (QED) is 0.489. The van der Waals surface area contributed by atoms with Gasteiger partial charge in [0.25, 0.3) is 5.91 Å². The fourth-order valence-electron chi connectivity index (χ4n) is 2.39. The second-order valence-corrected chi connectivity index (χ2v) is 4.82. The number of hydrogen-bond donors (Lipinski definition) is 2. The lowest BCUT2D eigenvalue weighted by Gasteiger charge is -2.29. The Kier molecular flexibility index (Phi) is 6.67. The Morgan fingerprint density at radius 1 is 1.45 bits per heavy atom. The largest absolute Gasteiger partial charge is 0.480 e. The molecule has 1 rings (SSSR count). The van der Waals surface area contributed by atoms with Gasteiger partial charge in [-0.25, -0.2) is 4.79 Å². The van der Waals surface area contributed by atoms with E-state index < -0.39 is 17.6 Å². The van der Waals surface area contributed by atoms with Crippen LogP contribution in [0.5, 0.6) is 0 Å². The standard InChI is InChI=1S/C14H23NO5/c1-3-9-19-10-11(12(16)17)15-13(18)14(20-4-2)7-5-6-8-14/h3,11H,1,4-10H2,2H3,(H,15,18)(H,16,17). The van der Waals surface area contributed by atoms with Gasteiger partial charge in [-0.05, 0) is 32.6 Å². The van der Waals surface area contributed by atoms with Crippen LogP contribution in [0.25, 0.3) is 0 Å². The Balaban J connectivity index is 2.63. The van der Waals surface area contributed by atoms with E-state index in [1.54, 1.807) is 0 Å². The SMILES string of the molecule is C=CCOCC(NC(=O)C1(OCC)CCCC1)C(=O)O. The van der Waals surface area contributed by atoms with Gasteiger partial charge in [-0.3, -0.25) is 4.79 Å². The van der Waals surface area contributed by atoms with Crippen LogP contribution in [-0.4, -0.2) is 48.4 Å². The van der Waals surface area contributed by atoms with E-state index >= 15 is 0 Å². The molecular weight excluding hydrogens is 262 g/mol. The first-order valence-electron chi connectivity index (χ1n) is 6.92. The fourth-order valence-corrected chi connectivity index (χ4v) is 2.39. The Labute approximate surface area is 119 Å². The minimum atomic E-state index is -1.12. The average molecular weight is 285 g/mol. The minimum absolute atomic E-state index is 0.0880. The summed E-state index contributed by atoms with van der Waals surface area (Å²) in [5, 5.41) is 11.6. The van der Waals surface area contributed by atoms with Crippen LogP contribution < -0.4 is 5.32 Å². The molecule has 0 saturated heterocycles. The maximum absolute atomic E-state index is 12.3. The smallest absolute Gasteiger partial charge is 0.328 e. The lowest BCUT2D eigenvalue weighted by molar-refractivity contribution is -0.152. The summed E-state index contributed by atoms with van der Waals surface area (Å²) >= 11 is 0. The molecule has 0 aliphatic heterocycles. The summed E-state index contributed by atoms with van der Waals surface area (Å²) in [6.07, 6.45) is 4.62. The molecule has 1 unspecified atom stereocenters. The molecule has 1 aliphatic carbocycles. The molecule has 1 amide bonds. The number of carboxylic acid groups (broad SMARTS) is 1. The maximum atomic E-state index is 12.3. The van der Waals surface area contributed by atoms with Crippen molar-refractivity contribution in [1.82, 2.24) is 5.32 Å². The van der Waals surface area contributed by atoms with Gasteiger partial charge in [0.15, 0.2) is 6.04 Å². The van der Waals surface area contributed by atoms with Crippen LogP contribution in [0.4, 0.5) is 0 Å². The molecule has 1 saturated carbocycles. The predicted octanol–water partition coefficient (Wildman–Crippen LogP) is 1.11. The van der Waals surface area contributed by atoms with E-state index in [1.165, 1.54) is 6.08 Å². The lowest BCUT2D eigenvalue weighted by atomic mass is 10.0. The molecule has 0 aromatic rings. The molecule has 20 heavy (non-hydrogen) atoms. The number of carbonyl (C=O) groups is 2. The molecule has 0 bridgehead atoms. The molecule has 6 nitrogen and oxygen atoms in total. The summed E-state index contributed by atoms with van der Waals surface area (Å²) in [5.74, 6) is -1.47. The zero-order valence-electron chi connectivity index (χ0n) is 11.9. The Morgan fingerprint density at radius 2 is 2.10 bits per heavy atom. The molecule has 1 aliphatic rings. The third-order valence-corrected chi connectivity index (χ3v) is 3.37. The van der Waals surface area contributed by atoms with E-state index in [-0.39, 0.29) is 19.1 Å². The van der Waals surface area contributed by atoms with Crippen LogP contribution in [0.1, 0.15) is 32.6 Å². The van der Waals surface area contributed by atoms with E-state index in [2.05, 4.69) is 11.9 Å². The Morgan fingerprint density at radius 3 is 2.60 bits per heavy atom. The molecule has 2 N–H and O–H groups in total. The Hall–Kier alpha value is -1.40. The van der Waals surface area contributed by atoms with Gasteiger partial charge in [0.2, 0.25) is 0 Å². The van der Waals surface area contributed by atoms with Crippen molar-refractivity contribution in [1.29, 1.82) is 0 Å². The summed E-state index contributed by atoms with van der Waals surface area (Å²) in [5.41, 5.74) is -0.874. The van der Waals surface area contributed by atoms with Crippen molar-refractivity contribution in [3.05, 3.63) is 12.7 Å². The molecule has 0 radical (unpaired) electrons. The first kappa shape index (κ1) is 16.7. The number of carboxylic acids is 1. The second-order valence-electron chi connectivity index (χ2n) is 4.82. The number of rotatable bonds is 9. The molecule has 0 aromatic carbocycles. The first-order chi connectivity index (χ1) is 9.55. The summed E-state index contributed by atoms with van der Waals surface area (Å²) in [6, 6.07) is -1.07. The summed E-state index contributed by atoms with van der Waals surface area (Å²) in [6.45, 7) is 5.90. The van der Waals surface area contributed by atoms with Gasteiger partial charge in [0, 0.05) is 6.61 Å². The zero-order valence-corrected chi connectivity index (χ0v) is 11.9. The highest BCUT2D eigenvalue weighted by atomic mass is 16.5. The molecule has 6 heteroatoms. The van der Waals surface area contributed by atoms with Crippen LogP contribution in [0, 0.1) is 0 Å². The molecule has 0 aromatic heterocycles. The van der Waals surface area contributed by atoms with Gasteiger partial charge in [-0.15, -0.1) is 6.58 Å². The van der Waals surface area contributed by atoms with Gasteiger partial charge < -0.3 is 19.9 Å². The summed E-state index contributed by atoms with van der Waals surface area (Å²) < 4.78 is 10.7. The Bertz CT molecular complexity index is 349. The van der Waals surface area contributed by atoms with Crippen molar-refractivity contribution < 1.29 is 24.2 Å². The van der Waals surface area contributed by atoms with Crippen LogP contribution in [-0.2, 0) is 19.1 Å². The maximum Gasteiger partial charge on any atom is 0.328 e. The first-order valence-corrected chi connectivity index (χ1v) is 6.92. The van der Waals surface area contributed by atoms with Crippen molar-refractivity contribution >= 4 is 11.9 Å². The number of aliphatic carboxylic acids is 1. The highest BCUT2D eigenvalue weighted by Gasteiger charge is 2.43. The molecular formula is C14H23NO5. The highest BCUT2D eigenvalue weighted by molar-refractivity contribution is 5.89. The van der Waals surface area contributed by atoms with Crippen molar-refractivity contribution in [2.24, 2.45) is 0 Å². The fraction of sp³-hybridized carbons (Fsp3) is 0.714. The van der Waals surface area contributed by atoms with E-state index in [4.69, 9.17) is 14.6 Å². The third kappa shape index (κ3) is 4.31. The molecule has 0 spiro atoms. The van der Waals surface area contributed by atoms with Crippen molar-refractivity contribution in [2.75, 3.05) is 19.8 Å². The number of hydrogen-bond acceptors (Lipinski definition) is 4. The van der Waals surface area contributed by atoms with Gasteiger partial charge in [0.1, 0.15) is 5.60 Å². The van der Waals surface area contributed by atoms with Crippen molar-refractivity contribution in [3.8, 4) is 0 Å². The third-order valence-electron chi connectivity index (χ3n) is 3.37. The number of ether oxygens (including phenoxy) is 2. The molecule has 1 atom stereocenters. The van der Waals surface area contributed by atoms with E-state index in [9.17, 15) is 9.59 Å². The number of nitrogens with one attached hydrogen (secondary N) is 1. The zero-order chi connectivity index (χ0) is 15.0. The minimum Gasteiger partial charge on any atom is -0.480 e. The van der Waals surface area contributed by atoms with Gasteiger partial charge in [0.05, 0.1) is 13.2 Å². The normalized spacial score (nSPS) is 18.4. The molecule has 1 fully saturated rings. The molecule has 114 valence electrons. The van der Waals surface area contributed by atoms with Crippen molar-refractivity contribution in [2.45, 2.75) is 44.2 Å². The van der Waals surface area contributed by atoms with Crippen LogP contribution in [0.3, 0.4) is 0 Å². The predicted molar refractivity (Wildman–Crippen MR) is 73.4 cm³/mol. The number of amides is 1. The summed E-state index contributed by atoms with van der Waals surface area (Å²) in [7, 11) is 0. The van der Waals surface area contributed by atoms with E-state index in [0.717, 1.165) is 12.8 Å². The lowest BCUT2D eigenvalue weighted by Crippen LogP contribution is -2.54. The van der Waals surface area contributed by atoms with E-state index in [1.807, 2.05) is 6.92 Å². The summed E-state index contributed by atoms with van der Waals surface area (Å²) in [4.78, 5) is 23.5. The van der Waals surface area contributed by atoms with Crippen LogP contribution in [0.15, 0.2) is 12.7 Å². The van der Waals surface area contributed by atoms with Crippen LogP contribution in [0.2, 0.25) is 0 Å². The van der Waals surface area contributed by atoms with Gasteiger partial charge in [-0.1, -0.05) is 6.08 Å². The average Bonchev–Trinajstić information content (AvgIpc) is 2.87. The second kappa shape index (κ2) is 8.01. The van der Waals surface area contributed by atoms with Crippen molar-refractivity contribution in [3.63, 3.8) is 0 Å². The van der Waals surface area contributed by atoms with Crippen LogP contribution >= 0.6 is 0 Å². The van der Waals surface area contributed by atoms with Gasteiger partial charge in [-0.2, -0.15) is 0 Å². The molecule has 0 heterocycles. The number of carbonyl (C=O) groups excluding carboxylic acids is 1.